The van der Waals surface area contributed by atoms with Crippen LogP contribution in [0.3, 0.4) is 0 Å². The summed E-state index contributed by atoms with van der Waals surface area (Å²) in [5.41, 5.74) is 2.05. The van der Waals surface area contributed by atoms with E-state index >= 15 is 0 Å². The van der Waals surface area contributed by atoms with Crippen LogP contribution in [0.5, 0.6) is 0 Å². The Bertz CT molecular complexity index is 532. The predicted octanol–water partition coefficient (Wildman–Crippen LogP) is 2.49. The number of aromatic nitrogens is 4. The zero-order valence-electron chi connectivity index (χ0n) is 12.3. The zero-order chi connectivity index (χ0) is 14.5. The highest BCUT2D eigenvalue weighted by molar-refractivity contribution is 6.31. The molecule has 0 aliphatic heterocycles. The topological polar surface area (TPSA) is 47.7 Å². The molecule has 1 unspecified atom stereocenters. The van der Waals surface area contributed by atoms with E-state index in [-0.39, 0.29) is 0 Å². The Balaban J connectivity index is 1.97. The Labute approximate surface area is 125 Å². The van der Waals surface area contributed by atoms with Crippen molar-refractivity contribution in [1.82, 2.24) is 24.6 Å². The molecule has 1 N–H and O–H groups in total. The van der Waals surface area contributed by atoms with Crippen LogP contribution in [0, 0.1) is 0 Å². The minimum atomic E-state index is 0.338. The van der Waals surface area contributed by atoms with Crippen molar-refractivity contribution < 1.29 is 0 Å². The lowest BCUT2D eigenvalue weighted by molar-refractivity contribution is 0.462. The summed E-state index contributed by atoms with van der Waals surface area (Å²) in [6.07, 6.45) is 6.46. The third-order valence-corrected chi connectivity index (χ3v) is 3.79. The molecule has 2 rings (SSSR count). The SMILES string of the molecule is CCc1nn(CC)c(CNC(C)Cn2ccnc2)c1Cl. The minimum absolute atomic E-state index is 0.338. The first-order valence-corrected chi connectivity index (χ1v) is 7.46. The maximum Gasteiger partial charge on any atom is 0.0946 e. The molecule has 0 aliphatic rings. The van der Waals surface area contributed by atoms with E-state index in [1.54, 1.807) is 6.20 Å². The lowest BCUT2D eigenvalue weighted by Gasteiger charge is -2.15. The molecule has 0 fully saturated rings. The van der Waals surface area contributed by atoms with Gasteiger partial charge in [0.1, 0.15) is 0 Å². The second-order valence-corrected chi connectivity index (χ2v) is 5.30. The monoisotopic (exact) mass is 295 g/mol. The van der Waals surface area contributed by atoms with Gasteiger partial charge in [-0.05, 0) is 20.3 Å². The molecule has 0 aliphatic carbocycles. The van der Waals surface area contributed by atoms with Crippen LogP contribution in [0.15, 0.2) is 18.7 Å². The van der Waals surface area contributed by atoms with Gasteiger partial charge in [-0.25, -0.2) is 4.98 Å². The molecule has 5 nitrogen and oxygen atoms in total. The maximum atomic E-state index is 6.40. The van der Waals surface area contributed by atoms with E-state index < -0.39 is 0 Å². The fourth-order valence-electron chi connectivity index (χ4n) is 2.23. The Hall–Kier alpha value is -1.33. The van der Waals surface area contributed by atoms with Gasteiger partial charge >= 0.3 is 0 Å². The van der Waals surface area contributed by atoms with E-state index in [0.29, 0.717) is 6.04 Å². The molecule has 2 aromatic rings. The van der Waals surface area contributed by atoms with Gasteiger partial charge in [-0.2, -0.15) is 5.10 Å². The van der Waals surface area contributed by atoms with Gasteiger partial charge in [0.25, 0.3) is 0 Å². The van der Waals surface area contributed by atoms with Crippen molar-refractivity contribution in [3.8, 4) is 0 Å². The Kier molecular flexibility index (Phi) is 5.20. The molecule has 0 bridgehead atoms. The van der Waals surface area contributed by atoms with Crippen molar-refractivity contribution in [2.45, 2.75) is 52.9 Å². The first-order chi connectivity index (χ1) is 9.65. The highest BCUT2D eigenvalue weighted by Gasteiger charge is 2.14. The Morgan fingerprint density at radius 3 is 2.80 bits per heavy atom. The molecule has 6 heteroatoms. The summed E-state index contributed by atoms with van der Waals surface area (Å²) in [6.45, 7) is 8.77. The molecule has 0 saturated heterocycles. The molecular formula is C14H22ClN5. The number of nitrogens with zero attached hydrogens (tertiary/aromatic N) is 4. The fourth-order valence-corrected chi connectivity index (χ4v) is 2.57. The average molecular weight is 296 g/mol. The van der Waals surface area contributed by atoms with Crippen LogP contribution in [0.25, 0.3) is 0 Å². The Morgan fingerprint density at radius 2 is 2.20 bits per heavy atom. The number of imidazole rings is 1. The van der Waals surface area contributed by atoms with Crippen molar-refractivity contribution in [3.63, 3.8) is 0 Å². The largest absolute Gasteiger partial charge is 0.336 e. The van der Waals surface area contributed by atoms with Gasteiger partial charge in [0.05, 0.1) is 22.7 Å². The first kappa shape index (κ1) is 15.1. The smallest absolute Gasteiger partial charge is 0.0946 e. The van der Waals surface area contributed by atoms with Crippen molar-refractivity contribution in [2.24, 2.45) is 0 Å². The van der Waals surface area contributed by atoms with Gasteiger partial charge in [-0.3, -0.25) is 4.68 Å². The number of hydrogen-bond donors (Lipinski definition) is 1. The van der Waals surface area contributed by atoms with Crippen LogP contribution < -0.4 is 5.32 Å². The number of hydrogen-bond acceptors (Lipinski definition) is 3. The minimum Gasteiger partial charge on any atom is -0.336 e. The van der Waals surface area contributed by atoms with E-state index in [1.165, 1.54) is 0 Å². The summed E-state index contributed by atoms with van der Waals surface area (Å²) in [7, 11) is 0. The van der Waals surface area contributed by atoms with Crippen molar-refractivity contribution in [3.05, 3.63) is 35.1 Å². The van der Waals surface area contributed by atoms with Gasteiger partial charge in [0.15, 0.2) is 0 Å². The molecule has 0 spiro atoms. The summed E-state index contributed by atoms with van der Waals surface area (Å²) in [6, 6.07) is 0.338. The fraction of sp³-hybridized carbons (Fsp3) is 0.571. The number of halogens is 1. The van der Waals surface area contributed by atoms with Crippen molar-refractivity contribution >= 4 is 11.6 Å². The van der Waals surface area contributed by atoms with Crippen LogP contribution >= 0.6 is 11.6 Å². The van der Waals surface area contributed by atoms with E-state index in [4.69, 9.17) is 11.6 Å². The van der Waals surface area contributed by atoms with Crippen molar-refractivity contribution in [2.75, 3.05) is 0 Å². The standard InChI is InChI=1S/C14H22ClN5/c1-4-12-14(15)13(20(5-2)18-12)8-17-11(3)9-19-7-6-16-10-19/h6-7,10-11,17H,4-5,8-9H2,1-3H3. The summed E-state index contributed by atoms with van der Waals surface area (Å²) in [4.78, 5) is 4.05. The summed E-state index contributed by atoms with van der Waals surface area (Å²) >= 11 is 6.40. The zero-order valence-corrected chi connectivity index (χ0v) is 13.1. The molecule has 2 aromatic heterocycles. The van der Waals surface area contributed by atoms with Gasteiger partial charge in [-0.15, -0.1) is 0 Å². The molecule has 2 heterocycles. The van der Waals surface area contributed by atoms with Gasteiger partial charge < -0.3 is 9.88 Å². The third kappa shape index (κ3) is 3.41. The molecule has 0 saturated carbocycles. The van der Waals surface area contributed by atoms with Gasteiger partial charge in [0.2, 0.25) is 0 Å². The van der Waals surface area contributed by atoms with Gasteiger partial charge in [-0.1, -0.05) is 18.5 Å². The number of aryl methyl sites for hydroxylation is 2. The lowest BCUT2D eigenvalue weighted by Crippen LogP contribution is -2.30. The van der Waals surface area contributed by atoms with Crippen LogP contribution in [0.1, 0.15) is 32.2 Å². The van der Waals surface area contributed by atoms with Crippen LogP contribution in [-0.4, -0.2) is 25.4 Å². The summed E-state index contributed by atoms with van der Waals surface area (Å²) in [5, 5.41) is 8.83. The van der Waals surface area contributed by atoms with E-state index in [2.05, 4.69) is 40.7 Å². The highest BCUT2D eigenvalue weighted by atomic mass is 35.5. The molecule has 1 atom stereocenters. The molecule has 0 radical (unpaired) electrons. The Morgan fingerprint density at radius 1 is 1.40 bits per heavy atom. The molecule has 0 aromatic carbocycles. The molecule has 0 amide bonds. The van der Waals surface area contributed by atoms with E-state index in [9.17, 15) is 0 Å². The normalized spacial score (nSPS) is 12.8. The van der Waals surface area contributed by atoms with E-state index in [1.807, 2.05) is 17.2 Å². The van der Waals surface area contributed by atoms with Crippen LogP contribution in [-0.2, 0) is 26.1 Å². The molecular weight excluding hydrogens is 274 g/mol. The quantitative estimate of drug-likeness (QED) is 0.854. The van der Waals surface area contributed by atoms with E-state index in [0.717, 1.165) is 42.5 Å². The first-order valence-electron chi connectivity index (χ1n) is 7.08. The molecule has 20 heavy (non-hydrogen) atoms. The summed E-state index contributed by atoms with van der Waals surface area (Å²) in [5.74, 6) is 0. The van der Waals surface area contributed by atoms with Crippen molar-refractivity contribution in [1.29, 1.82) is 0 Å². The summed E-state index contributed by atoms with van der Waals surface area (Å²) < 4.78 is 4.05. The van der Waals surface area contributed by atoms with Crippen LogP contribution in [0.2, 0.25) is 5.02 Å². The number of rotatable bonds is 7. The third-order valence-electron chi connectivity index (χ3n) is 3.36. The highest BCUT2D eigenvalue weighted by Crippen LogP contribution is 2.21. The molecule has 110 valence electrons. The maximum absolute atomic E-state index is 6.40. The lowest BCUT2D eigenvalue weighted by atomic mass is 10.2. The second kappa shape index (κ2) is 6.90. The van der Waals surface area contributed by atoms with Gasteiger partial charge in [0, 0.05) is 38.1 Å². The van der Waals surface area contributed by atoms with Crippen LogP contribution in [0.4, 0.5) is 0 Å². The predicted molar refractivity (Wildman–Crippen MR) is 80.8 cm³/mol. The second-order valence-electron chi connectivity index (χ2n) is 4.92. The number of nitrogens with one attached hydrogen (secondary N) is 1. The average Bonchev–Trinajstić information content (AvgIpc) is 3.04.